The molecule has 2 aliphatic heterocycles. The predicted octanol–water partition coefficient (Wildman–Crippen LogP) is 1.47. The predicted molar refractivity (Wildman–Crippen MR) is 69.2 cm³/mol. The molecule has 0 aromatic carbocycles. The molecule has 0 saturated carbocycles. The number of ether oxygens (including phenoxy) is 2. The Hall–Kier alpha value is 0.400. The zero-order valence-corrected chi connectivity index (χ0v) is 12.2. The molecule has 2 heterocycles. The van der Waals surface area contributed by atoms with E-state index in [0.29, 0.717) is 12.8 Å². The Morgan fingerprint density at radius 3 is 1.73 bits per heavy atom. The monoisotopic (exact) mass is 436 g/mol. The Kier molecular flexibility index (Phi) is 3.44. The largest absolute Gasteiger partial charge is 0.461 e. The van der Waals surface area contributed by atoms with Crippen molar-refractivity contribution >= 4 is 57.1 Å². The van der Waals surface area contributed by atoms with Crippen molar-refractivity contribution < 1.29 is 19.1 Å². The first-order valence-corrected chi connectivity index (χ1v) is 7.71. The van der Waals surface area contributed by atoms with Gasteiger partial charge in [0.1, 0.15) is 12.2 Å². The minimum absolute atomic E-state index is 0.126. The first-order chi connectivity index (χ1) is 7.12. The number of halogens is 2. The normalized spacial score (nSPS) is 33.2. The van der Waals surface area contributed by atoms with Crippen molar-refractivity contribution in [1.29, 1.82) is 0 Å². The molecule has 0 bridgehead atoms. The van der Waals surface area contributed by atoms with Gasteiger partial charge in [-0.3, -0.25) is 9.59 Å². The maximum Gasteiger partial charge on any atom is 0.324 e. The van der Waals surface area contributed by atoms with Crippen LogP contribution in [-0.4, -0.2) is 33.0 Å². The molecular formula is C9H10I2O4. The van der Waals surface area contributed by atoms with E-state index in [2.05, 4.69) is 45.2 Å². The van der Waals surface area contributed by atoms with Gasteiger partial charge in [0.2, 0.25) is 0 Å². The lowest BCUT2D eigenvalue weighted by Gasteiger charge is -2.10. The summed E-state index contributed by atoms with van der Waals surface area (Å²) in [5.74, 6) is -0.775. The zero-order chi connectivity index (χ0) is 11.1. The van der Waals surface area contributed by atoms with Crippen LogP contribution in [0.1, 0.15) is 12.8 Å². The van der Waals surface area contributed by atoms with E-state index >= 15 is 0 Å². The fourth-order valence-electron chi connectivity index (χ4n) is 2.06. The third-order valence-corrected chi connectivity index (χ3v) is 4.79. The van der Waals surface area contributed by atoms with E-state index in [-0.39, 0.29) is 24.1 Å². The topological polar surface area (TPSA) is 52.6 Å². The molecule has 0 amide bonds. The van der Waals surface area contributed by atoms with E-state index in [4.69, 9.17) is 9.47 Å². The summed E-state index contributed by atoms with van der Waals surface area (Å²) in [7, 11) is 0. The van der Waals surface area contributed by atoms with Crippen molar-refractivity contribution in [3.05, 3.63) is 0 Å². The highest BCUT2D eigenvalue weighted by Gasteiger charge is 2.60. The fourth-order valence-corrected chi connectivity index (χ4v) is 3.04. The summed E-state index contributed by atoms with van der Waals surface area (Å²) < 4.78 is 11.8. The van der Waals surface area contributed by atoms with Crippen LogP contribution in [0.3, 0.4) is 0 Å². The zero-order valence-electron chi connectivity index (χ0n) is 7.87. The van der Waals surface area contributed by atoms with Crippen LogP contribution < -0.4 is 0 Å². The van der Waals surface area contributed by atoms with Crippen LogP contribution in [0.15, 0.2) is 0 Å². The second kappa shape index (κ2) is 4.34. The average Bonchev–Trinajstić information content (AvgIpc) is 2.71. The highest BCUT2D eigenvalue weighted by molar-refractivity contribution is 14.1. The van der Waals surface area contributed by atoms with Crippen LogP contribution in [0.25, 0.3) is 0 Å². The number of hydrogen-bond donors (Lipinski definition) is 0. The van der Waals surface area contributed by atoms with E-state index in [0.717, 1.165) is 8.86 Å². The second-order valence-corrected chi connectivity index (χ2v) is 5.62. The quantitative estimate of drug-likeness (QED) is 0.285. The molecule has 1 spiro atoms. The van der Waals surface area contributed by atoms with Crippen LogP contribution in [-0.2, 0) is 19.1 Å². The minimum Gasteiger partial charge on any atom is -0.461 e. The van der Waals surface area contributed by atoms with Crippen molar-refractivity contribution in [2.24, 2.45) is 5.41 Å². The number of carbonyl (C=O) groups excluding carboxylic acids is 2. The van der Waals surface area contributed by atoms with Gasteiger partial charge in [-0.05, 0) is 0 Å². The summed E-state index contributed by atoms with van der Waals surface area (Å²) >= 11 is 4.32. The SMILES string of the molecule is O=C1O[C@H](CI)CC12C[C@@H](CI)OC2=O. The summed E-state index contributed by atoms with van der Waals surface area (Å²) in [5, 5.41) is 0. The third kappa shape index (κ3) is 1.87. The Morgan fingerprint density at radius 2 is 1.47 bits per heavy atom. The molecule has 0 aromatic heterocycles. The van der Waals surface area contributed by atoms with Crippen LogP contribution >= 0.6 is 45.2 Å². The number of esters is 2. The standard InChI is InChI=1S/C9H10I2O4/c10-3-5-1-9(7(12)14-5)2-6(4-11)15-8(9)13/h5-6H,1-4H2/t5-,6-,9?/m0/s1. The highest BCUT2D eigenvalue weighted by atomic mass is 127. The van der Waals surface area contributed by atoms with Gasteiger partial charge in [-0.15, -0.1) is 0 Å². The molecule has 6 heteroatoms. The number of alkyl halides is 2. The van der Waals surface area contributed by atoms with Gasteiger partial charge in [0.05, 0.1) is 0 Å². The first-order valence-electron chi connectivity index (χ1n) is 4.66. The average molecular weight is 436 g/mol. The summed E-state index contributed by atoms with van der Waals surface area (Å²) in [6.45, 7) is 0. The number of hydrogen-bond acceptors (Lipinski definition) is 4. The van der Waals surface area contributed by atoms with Crippen LogP contribution in [0.4, 0.5) is 0 Å². The van der Waals surface area contributed by atoms with Gasteiger partial charge >= 0.3 is 11.9 Å². The molecule has 2 saturated heterocycles. The van der Waals surface area contributed by atoms with E-state index in [9.17, 15) is 9.59 Å². The van der Waals surface area contributed by atoms with Gasteiger partial charge in [-0.25, -0.2) is 0 Å². The van der Waals surface area contributed by atoms with E-state index in [1.165, 1.54) is 0 Å². The number of rotatable bonds is 2. The molecule has 2 aliphatic rings. The van der Waals surface area contributed by atoms with Crippen molar-refractivity contribution in [2.45, 2.75) is 25.0 Å². The molecule has 0 radical (unpaired) electrons. The molecule has 0 unspecified atom stereocenters. The molecule has 84 valence electrons. The maximum absolute atomic E-state index is 11.7. The lowest BCUT2D eigenvalue weighted by molar-refractivity contribution is -0.158. The Balaban J connectivity index is 2.20. The number of carbonyl (C=O) groups is 2. The Morgan fingerprint density at radius 1 is 1.07 bits per heavy atom. The van der Waals surface area contributed by atoms with Gasteiger partial charge in [0.25, 0.3) is 0 Å². The van der Waals surface area contributed by atoms with Gasteiger partial charge in [-0.1, -0.05) is 45.2 Å². The van der Waals surface area contributed by atoms with E-state index < -0.39 is 5.41 Å². The molecule has 2 rings (SSSR count). The molecule has 4 nitrogen and oxygen atoms in total. The number of cyclic esters (lactones) is 2. The van der Waals surface area contributed by atoms with Crippen LogP contribution in [0.5, 0.6) is 0 Å². The molecule has 2 atom stereocenters. The smallest absolute Gasteiger partial charge is 0.324 e. The lowest BCUT2D eigenvalue weighted by Crippen LogP contribution is -2.31. The lowest BCUT2D eigenvalue weighted by atomic mass is 9.82. The van der Waals surface area contributed by atoms with Crippen LogP contribution in [0.2, 0.25) is 0 Å². The Bertz CT molecular complexity index is 274. The fraction of sp³-hybridized carbons (Fsp3) is 0.778. The maximum atomic E-state index is 11.7. The van der Waals surface area contributed by atoms with Gasteiger partial charge in [-0.2, -0.15) is 0 Å². The molecular weight excluding hydrogens is 426 g/mol. The second-order valence-electron chi connectivity index (χ2n) is 3.85. The van der Waals surface area contributed by atoms with Gasteiger partial charge in [0.15, 0.2) is 5.41 Å². The van der Waals surface area contributed by atoms with Crippen molar-refractivity contribution in [2.75, 3.05) is 8.86 Å². The highest BCUT2D eigenvalue weighted by Crippen LogP contribution is 2.45. The minimum atomic E-state index is -0.980. The molecule has 0 N–H and O–H groups in total. The third-order valence-electron chi connectivity index (χ3n) is 2.83. The summed E-state index contributed by atoms with van der Waals surface area (Å²) in [5.41, 5.74) is -0.980. The molecule has 0 aromatic rings. The summed E-state index contributed by atoms with van der Waals surface area (Å²) in [4.78, 5) is 23.4. The van der Waals surface area contributed by atoms with Gasteiger partial charge in [0, 0.05) is 21.7 Å². The van der Waals surface area contributed by atoms with E-state index in [1.54, 1.807) is 0 Å². The Labute approximate surface area is 115 Å². The van der Waals surface area contributed by atoms with E-state index in [1.807, 2.05) is 0 Å². The molecule has 0 aliphatic carbocycles. The summed E-state index contributed by atoms with van der Waals surface area (Å²) in [6, 6.07) is 0. The molecule has 2 fully saturated rings. The van der Waals surface area contributed by atoms with Crippen LogP contribution in [0, 0.1) is 5.41 Å². The first kappa shape index (κ1) is 11.9. The van der Waals surface area contributed by atoms with Crippen molar-refractivity contribution in [1.82, 2.24) is 0 Å². The summed E-state index contributed by atoms with van der Waals surface area (Å²) in [6.07, 6.45) is 0.721. The van der Waals surface area contributed by atoms with Crippen molar-refractivity contribution in [3.8, 4) is 0 Å². The molecule has 15 heavy (non-hydrogen) atoms. The van der Waals surface area contributed by atoms with Crippen molar-refractivity contribution in [3.63, 3.8) is 0 Å². The van der Waals surface area contributed by atoms with Gasteiger partial charge < -0.3 is 9.47 Å².